The summed E-state index contributed by atoms with van der Waals surface area (Å²) < 4.78 is 0. The van der Waals surface area contributed by atoms with Crippen LogP contribution in [0.5, 0.6) is 0 Å². The molecule has 2 rings (SSSR count). The van der Waals surface area contributed by atoms with Gasteiger partial charge >= 0.3 is 0 Å². The summed E-state index contributed by atoms with van der Waals surface area (Å²) >= 11 is 0. The van der Waals surface area contributed by atoms with E-state index >= 15 is 0 Å². The van der Waals surface area contributed by atoms with Crippen LogP contribution in [-0.2, 0) is 6.54 Å². The van der Waals surface area contributed by atoms with Crippen LogP contribution in [0.4, 0.5) is 0 Å². The monoisotopic (exact) mass is 190 g/mol. The fourth-order valence-electron chi connectivity index (χ4n) is 1.96. The van der Waals surface area contributed by atoms with Crippen LogP contribution in [0.2, 0.25) is 0 Å². The highest BCUT2D eigenvalue weighted by atomic mass is 15.2. The van der Waals surface area contributed by atoms with Gasteiger partial charge in [-0.1, -0.05) is 18.2 Å². The molecule has 1 heterocycles. The molecule has 0 unspecified atom stereocenters. The lowest BCUT2D eigenvalue weighted by Gasteiger charge is -2.37. The third-order valence-corrected chi connectivity index (χ3v) is 3.10. The molecule has 0 spiro atoms. The van der Waals surface area contributed by atoms with E-state index in [0.29, 0.717) is 6.04 Å². The summed E-state index contributed by atoms with van der Waals surface area (Å²) in [5.41, 5.74) is 10.00. The first-order chi connectivity index (χ1) is 6.66. The van der Waals surface area contributed by atoms with E-state index in [9.17, 15) is 0 Å². The predicted octanol–water partition coefficient (Wildman–Crippen LogP) is 1.45. The first-order valence-electron chi connectivity index (χ1n) is 5.20. The van der Waals surface area contributed by atoms with Gasteiger partial charge in [0.25, 0.3) is 0 Å². The van der Waals surface area contributed by atoms with E-state index in [-0.39, 0.29) is 0 Å². The molecule has 0 bridgehead atoms. The summed E-state index contributed by atoms with van der Waals surface area (Å²) in [6.07, 6.45) is 0. The van der Waals surface area contributed by atoms with Gasteiger partial charge in [-0.05, 0) is 30.5 Å². The second-order valence-corrected chi connectivity index (χ2v) is 4.31. The molecular formula is C12H18N2. The molecule has 2 heteroatoms. The highest BCUT2D eigenvalue weighted by Gasteiger charge is 2.22. The Hall–Kier alpha value is -0.860. The molecule has 2 N–H and O–H groups in total. The lowest BCUT2D eigenvalue weighted by Crippen LogP contribution is -2.54. The number of benzene rings is 1. The Morgan fingerprint density at radius 2 is 2.07 bits per heavy atom. The minimum Gasteiger partial charge on any atom is -0.325 e. The van der Waals surface area contributed by atoms with E-state index in [1.807, 2.05) is 0 Å². The Kier molecular flexibility index (Phi) is 2.57. The normalized spacial score (nSPS) is 18.2. The van der Waals surface area contributed by atoms with Crippen molar-refractivity contribution in [2.75, 3.05) is 13.1 Å². The van der Waals surface area contributed by atoms with Crippen LogP contribution in [0.1, 0.15) is 16.7 Å². The van der Waals surface area contributed by atoms with Crippen LogP contribution in [0.3, 0.4) is 0 Å². The Labute approximate surface area is 85.7 Å². The fourth-order valence-corrected chi connectivity index (χ4v) is 1.96. The largest absolute Gasteiger partial charge is 0.325 e. The van der Waals surface area contributed by atoms with E-state index in [2.05, 4.69) is 36.9 Å². The molecular weight excluding hydrogens is 172 g/mol. The van der Waals surface area contributed by atoms with Crippen molar-refractivity contribution in [2.45, 2.75) is 26.4 Å². The van der Waals surface area contributed by atoms with Crippen molar-refractivity contribution in [1.29, 1.82) is 0 Å². The van der Waals surface area contributed by atoms with Gasteiger partial charge in [0.05, 0.1) is 0 Å². The Morgan fingerprint density at radius 1 is 1.36 bits per heavy atom. The van der Waals surface area contributed by atoms with Gasteiger partial charge in [-0.15, -0.1) is 0 Å². The summed E-state index contributed by atoms with van der Waals surface area (Å²) in [6.45, 7) is 7.52. The molecule has 0 amide bonds. The SMILES string of the molecule is Cc1cccc(CN2CC(N)C2)c1C. The van der Waals surface area contributed by atoms with Crippen molar-refractivity contribution < 1.29 is 0 Å². The molecule has 14 heavy (non-hydrogen) atoms. The highest BCUT2D eigenvalue weighted by Crippen LogP contribution is 2.17. The van der Waals surface area contributed by atoms with Crippen molar-refractivity contribution in [1.82, 2.24) is 4.90 Å². The van der Waals surface area contributed by atoms with Crippen molar-refractivity contribution in [3.63, 3.8) is 0 Å². The van der Waals surface area contributed by atoms with Gasteiger partial charge in [0.15, 0.2) is 0 Å². The Balaban J connectivity index is 2.06. The molecule has 1 aliphatic rings. The van der Waals surface area contributed by atoms with Gasteiger partial charge in [0.1, 0.15) is 0 Å². The van der Waals surface area contributed by atoms with Crippen LogP contribution in [0, 0.1) is 13.8 Å². The maximum atomic E-state index is 5.75. The van der Waals surface area contributed by atoms with E-state index in [4.69, 9.17) is 5.73 Å². The molecule has 0 aliphatic carbocycles. The van der Waals surface area contributed by atoms with Crippen molar-refractivity contribution in [3.8, 4) is 0 Å². The van der Waals surface area contributed by atoms with Gasteiger partial charge in [-0.2, -0.15) is 0 Å². The van der Waals surface area contributed by atoms with Crippen LogP contribution < -0.4 is 5.73 Å². The topological polar surface area (TPSA) is 29.3 Å². The van der Waals surface area contributed by atoms with Gasteiger partial charge < -0.3 is 5.73 Å². The predicted molar refractivity (Wildman–Crippen MR) is 59.2 cm³/mol. The third kappa shape index (κ3) is 1.81. The molecule has 76 valence electrons. The maximum absolute atomic E-state index is 5.75. The second-order valence-electron chi connectivity index (χ2n) is 4.31. The third-order valence-electron chi connectivity index (χ3n) is 3.10. The zero-order valence-corrected chi connectivity index (χ0v) is 8.96. The van der Waals surface area contributed by atoms with Crippen LogP contribution in [0.15, 0.2) is 18.2 Å². The fraction of sp³-hybridized carbons (Fsp3) is 0.500. The van der Waals surface area contributed by atoms with Gasteiger partial charge in [0, 0.05) is 25.7 Å². The van der Waals surface area contributed by atoms with E-state index in [1.165, 1.54) is 16.7 Å². The standard InChI is InChI=1S/C12H18N2/c1-9-4-3-5-11(10(9)2)6-14-7-12(13)8-14/h3-5,12H,6-8,13H2,1-2H3. The smallest absolute Gasteiger partial charge is 0.0297 e. The van der Waals surface area contributed by atoms with E-state index in [1.54, 1.807) is 0 Å². The van der Waals surface area contributed by atoms with Crippen molar-refractivity contribution >= 4 is 0 Å². The van der Waals surface area contributed by atoms with Gasteiger partial charge in [-0.3, -0.25) is 4.90 Å². The molecule has 1 fully saturated rings. The van der Waals surface area contributed by atoms with E-state index in [0.717, 1.165) is 19.6 Å². The van der Waals surface area contributed by atoms with Crippen LogP contribution >= 0.6 is 0 Å². The molecule has 1 saturated heterocycles. The Bertz CT molecular complexity index is 327. The first-order valence-corrected chi connectivity index (χ1v) is 5.20. The molecule has 0 saturated carbocycles. The molecule has 0 atom stereocenters. The summed E-state index contributed by atoms with van der Waals surface area (Å²) in [6, 6.07) is 6.92. The lowest BCUT2D eigenvalue weighted by molar-refractivity contribution is 0.142. The zero-order chi connectivity index (χ0) is 10.1. The summed E-state index contributed by atoms with van der Waals surface area (Å²) in [4.78, 5) is 2.40. The average molecular weight is 190 g/mol. The number of nitrogens with two attached hydrogens (primary N) is 1. The van der Waals surface area contributed by atoms with E-state index < -0.39 is 0 Å². The molecule has 1 aromatic carbocycles. The minimum atomic E-state index is 0.403. The number of hydrogen-bond acceptors (Lipinski definition) is 2. The molecule has 2 nitrogen and oxygen atoms in total. The summed E-state index contributed by atoms with van der Waals surface area (Å²) in [5.74, 6) is 0. The number of likely N-dealkylation sites (tertiary alicyclic amines) is 1. The highest BCUT2D eigenvalue weighted by molar-refractivity contribution is 5.33. The minimum absolute atomic E-state index is 0.403. The van der Waals surface area contributed by atoms with Crippen LogP contribution in [0.25, 0.3) is 0 Å². The number of nitrogens with zero attached hydrogens (tertiary/aromatic N) is 1. The maximum Gasteiger partial charge on any atom is 0.0297 e. The molecule has 1 aromatic rings. The number of hydrogen-bond donors (Lipinski definition) is 1. The molecule has 0 radical (unpaired) electrons. The van der Waals surface area contributed by atoms with Crippen molar-refractivity contribution in [3.05, 3.63) is 34.9 Å². The average Bonchev–Trinajstić information content (AvgIpc) is 2.10. The first kappa shape index (κ1) is 9.69. The molecule has 0 aromatic heterocycles. The quantitative estimate of drug-likeness (QED) is 0.764. The summed E-state index contributed by atoms with van der Waals surface area (Å²) in [5, 5.41) is 0. The lowest BCUT2D eigenvalue weighted by atomic mass is 10.0. The van der Waals surface area contributed by atoms with Crippen LogP contribution in [-0.4, -0.2) is 24.0 Å². The van der Waals surface area contributed by atoms with Gasteiger partial charge in [-0.25, -0.2) is 0 Å². The number of aryl methyl sites for hydroxylation is 1. The Morgan fingerprint density at radius 3 is 2.71 bits per heavy atom. The summed E-state index contributed by atoms with van der Waals surface area (Å²) in [7, 11) is 0. The zero-order valence-electron chi connectivity index (χ0n) is 8.96. The molecule has 1 aliphatic heterocycles. The van der Waals surface area contributed by atoms with Crippen molar-refractivity contribution in [2.24, 2.45) is 5.73 Å². The number of rotatable bonds is 2. The van der Waals surface area contributed by atoms with Gasteiger partial charge in [0.2, 0.25) is 0 Å². The second kappa shape index (κ2) is 3.71.